The highest BCUT2D eigenvalue weighted by atomic mass is 19.4. The molecule has 92 heavy (non-hydrogen) atoms. The lowest BCUT2D eigenvalue weighted by Crippen LogP contribution is -2.12. The molecule has 0 bridgehead atoms. The summed E-state index contributed by atoms with van der Waals surface area (Å²) in [6, 6.07) is 81.5. The van der Waals surface area contributed by atoms with E-state index in [2.05, 4.69) is 206 Å². The average Bonchev–Trinajstić information content (AvgIpc) is 1.54. The SMILES string of the molecule is Cc1ccc(-c2ccc3c(c2)c2cc(-c4ccc(C)cc4C)ccc2n3-c2cccc(-c3nc(-c4ccccc4)nc(-c4ccccc4)n3)c2-c2c(-n3c4ccc(-c5ccc(C)cc5C)cc4c4cc(-c5ccc(C)cc5C)ccc43)cccc2C(F)(F)F)c(C)c1. The van der Waals surface area contributed by atoms with Crippen molar-refractivity contribution >= 4 is 43.6 Å². The largest absolute Gasteiger partial charge is 0.417 e. The fraction of sp³-hybridized carbons (Fsp3) is 0.107. The van der Waals surface area contributed by atoms with E-state index in [1.165, 1.54) is 17.2 Å². The van der Waals surface area contributed by atoms with Gasteiger partial charge in [0.05, 0.1) is 39.0 Å². The lowest BCUT2D eigenvalue weighted by Gasteiger charge is -2.24. The maximum absolute atomic E-state index is 17.2. The predicted octanol–water partition coefficient (Wildman–Crippen LogP) is 22.9. The van der Waals surface area contributed by atoms with E-state index in [0.29, 0.717) is 34.2 Å². The van der Waals surface area contributed by atoms with Gasteiger partial charge in [0.1, 0.15) is 0 Å². The summed E-state index contributed by atoms with van der Waals surface area (Å²) in [4.78, 5) is 15.7. The zero-order valence-electron chi connectivity index (χ0n) is 52.5. The minimum absolute atomic E-state index is 0.0296. The number of hydrogen-bond acceptors (Lipinski definition) is 3. The molecule has 15 rings (SSSR count). The van der Waals surface area contributed by atoms with Crippen molar-refractivity contribution in [2.45, 2.75) is 61.6 Å². The topological polar surface area (TPSA) is 48.5 Å². The third kappa shape index (κ3) is 10.0. The molecule has 15 aromatic rings. The fourth-order valence-corrected chi connectivity index (χ4v) is 14.1. The van der Waals surface area contributed by atoms with Crippen molar-refractivity contribution in [2.75, 3.05) is 0 Å². The summed E-state index contributed by atoms with van der Waals surface area (Å²) in [5, 5.41) is 3.70. The minimum atomic E-state index is -4.87. The zero-order chi connectivity index (χ0) is 63.3. The highest BCUT2D eigenvalue weighted by molar-refractivity contribution is 6.15. The Bertz CT molecular complexity index is 5200. The smallest absolute Gasteiger partial charge is 0.309 e. The standard InChI is InChI=1S/C84H64F3N5/c1-49-25-33-63(53(5)41-49)59-29-37-73-68(45-59)69-46-60(64-34-26-50(2)42-54(64)6)30-38-74(69)91(73)77-23-15-21-67(83-89-81(57-17-11-9-12-18-57)88-82(90-83)58-19-13-10-14-20-58)79(77)80-72(84(85,86)87)22-16-24-78(80)92-75-39-31-61(65-35-27-51(3)43-55(65)7)47-70(75)71-48-62(32-40-76(71)92)66-36-28-52(4)44-56(66)8/h9-48H,1-8H3. The molecule has 0 radical (unpaired) electrons. The number of nitrogens with zero attached hydrogens (tertiary/aromatic N) is 5. The van der Waals surface area contributed by atoms with Gasteiger partial charge in [-0.25, -0.2) is 15.0 Å². The maximum atomic E-state index is 17.2. The number of alkyl halides is 3. The van der Waals surface area contributed by atoms with Crippen LogP contribution in [-0.4, -0.2) is 24.1 Å². The first-order valence-corrected chi connectivity index (χ1v) is 31.2. The Morgan fingerprint density at radius 1 is 0.272 bits per heavy atom. The van der Waals surface area contributed by atoms with Gasteiger partial charge in [0.15, 0.2) is 17.5 Å². The molecule has 0 unspecified atom stereocenters. The lowest BCUT2D eigenvalue weighted by molar-refractivity contribution is -0.137. The molecular weight excluding hydrogens is 1140 g/mol. The molecule has 446 valence electrons. The van der Waals surface area contributed by atoms with E-state index in [-0.39, 0.29) is 11.4 Å². The molecular formula is C84H64F3N5. The summed E-state index contributed by atoms with van der Waals surface area (Å²) in [6.07, 6.45) is -4.87. The monoisotopic (exact) mass is 1200 g/mol. The van der Waals surface area contributed by atoms with Crippen LogP contribution in [0.5, 0.6) is 0 Å². The lowest BCUT2D eigenvalue weighted by atomic mass is 9.90. The summed E-state index contributed by atoms with van der Waals surface area (Å²) in [6.45, 7) is 16.9. The number of aryl methyl sites for hydroxylation is 8. The third-order valence-electron chi connectivity index (χ3n) is 18.4. The van der Waals surface area contributed by atoms with Crippen LogP contribution in [0, 0.1) is 55.4 Å². The molecule has 0 fully saturated rings. The van der Waals surface area contributed by atoms with Gasteiger partial charge < -0.3 is 9.13 Å². The molecule has 3 aromatic heterocycles. The Hall–Kier alpha value is -11.0. The molecule has 0 aliphatic carbocycles. The van der Waals surface area contributed by atoms with Crippen molar-refractivity contribution in [3.63, 3.8) is 0 Å². The highest BCUT2D eigenvalue weighted by Gasteiger charge is 2.38. The summed E-state index contributed by atoms with van der Waals surface area (Å²) in [5.41, 5.74) is 22.9. The Kier molecular flexibility index (Phi) is 14.1. The van der Waals surface area contributed by atoms with Crippen LogP contribution in [0.15, 0.2) is 243 Å². The number of hydrogen-bond donors (Lipinski definition) is 0. The van der Waals surface area contributed by atoms with Crippen molar-refractivity contribution in [2.24, 2.45) is 0 Å². The second kappa shape index (κ2) is 22.5. The maximum Gasteiger partial charge on any atom is 0.417 e. The van der Waals surface area contributed by atoms with Crippen molar-refractivity contribution in [3.8, 4) is 101 Å². The van der Waals surface area contributed by atoms with Crippen LogP contribution in [0.1, 0.15) is 50.1 Å². The highest BCUT2D eigenvalue weighted by Crippen LogP contribution is 2.51. The molecule has 0 N–H and O–H groups in total. The number of benzene rings is 12. The quantitative estimate of drug-likeness (QED) is 0.137. The minimum Gasteiger partial charge on any atom is -0.309 e. The van der Waals surface area contributed by atoms with E-state index in [1.54, 1.807) is 6.07 Å². The first-order valence-electron chi connectivity index (χ1n) is 31.2. The second-order valence-corrected chi connectivity index (χ2v) is 24.8. The molecule has 0 amide bonds. The van der Waals surface area contributed by atoms with Crippen molar-refractivity contribution in [1.82, 2.24) is 24.1 Å². The number of halogens is 3. The van der Waals surface area contributed by atoms with Gasteiger partial charge in [-0.15, -0.1) is 0 Å². The van der Waals surface area contributed by atoms with Crippen molar-refractivity contribution < 1.29 is 13.2 Å². The van der Waals surface area contributed by atoms with Gasteiger partial charge in [0.2, 0.25) is 0 Å². The van der Waals surface area contributed by atoms with Crippen LogP contribution < -0.4 is 0 Å². The van der Waals surface area contributed by atoms with E-state index >= 15 is 13.2 Å². The first-order chi connectivity index (χ1) is 44.5. The average molecular weight is 1200 g/mol. The Balaban J connectivity index is 1.09. The molecule has 8 heteroatoms. The molecule has 3 heterocycles. The molecule has 12 aromatic carbocycles. The molecule has 0 saturated carbocycles. The van der Waals surface area contributed by atoms with E-state index in [4.69, 9.17) is 15.0 Å². The van der Waals surface area contributed by atoms with E-state index in [9.17, 15) is 0 Å². The van der Waals surface area contributed by atoms with Crippen molar-refractivity contribution in [1.29, 1.82) is 0 Å². The molecule has 0 atom stereocenters. The van der Waals surface area contributed by atoms with Gasteiger partial charge in [0, 0.05) is 49.4 Å². The van der Waals surface area contributed by atoms with Crippen LogP contribution in [0.2, 0.25) is 0 Å². The summed E-state index contributed by atoms with van der Waals surface area (Å²) < 4.78 is 55.7. The number of aromatic nitrogens is 5. The molecule has 0 spiro atoms. The molecule has 0 aliphatic heterocycles. The van der Waals surface area contributed by atoms with Crippen LogP contribution in [0.4, 0.5) is 13.2 Å². The van der Waals surface area contributed by atoms with Gasteiger partial charge in [-0.3, -0.25) is 0 Å². The number of fused-ring (bicyclic) bond motifs is 6. The Morgan fingerprint density at radius 3 is 0.935 bits per heavy atom. The van der Waals surface area contributed by atoms with E-state index in [0.717, 1.165) is 133 Å². The summed E-state index contributed by atoms with van der Waals surface area (Å²) in [7, 11) is 0. The van der Waals surface area contributed by atoms with Crippen LogP contribution in [-0.2, 0) is 6.18 Å². The zero-order valence-corrected chi connectivity index (χ0v) is 52.5. The Labute approximate surface area is 533 Å². The first kappa shape index (κ1) is 57.5. The Morgan fingerprint density at radius 2 is 0.598 bits per heavy atom. The van der Waals surface area contributed by atoms with E-state index in [1.807, 2.05) is 89.5 Å². The third-order valence-corrected chi connectivity index (χ3v) is 18.4. The fourth-order valence-electron chi connectivity index (χ4n) is 14.1. The molecule has 5 nitrogen and oxygen atoms in total. The number of rotatable bonds is 10. The normalized spacial score (nSPS) is 11.9. The van der Waals surface area contributed by atoms with Gasteiger partial charge >= 0.3 is 6.18 Å². The second-order valence-electron chi connectivity index (χ2n) is 24.8. The van der Waals surface area contributed by atoms with Gasteiger partial charge in [-0.1, -0.05) is 198 Å². The van der Waals surface area contributed by atoms with Gasteiger partial charge in [-0.2, -0.15) is 13.2 Å². The van der Waals surface area contributed by atoms with Gasteiger partial charge in [0.25, 0.3) is 0 Å². The van der Waals surface area contributed by atoms with Gasteiger partial charge in [-0.05, 0) is 189 Å². The summed E-state index contributed by atoms with van der Waals surface area (Å²) in [5.74, 6) is 0.976. The van der Waals surface area contributed by atoms with Crippen LogP contribution >= 0.6 is 0 Å². The summed E-state index contributed by atoms with van der Waals surface area (Å²) >= 11 is 0. The van der Waals surface area contributed by atoms with Crippen molar-refractivity contribution in [3.05, 3.63) is 293 Å². The molecule has 0 saturated heterocycles. The predicted molar refractivity (Wildman–Crippen MR) is 375 cm³/mol. The van der Waals surface area contributed by atoms with E-state index < -0.39 is 11.7 Å². The van der Waals surface area contributed by atoms with Crippen LogP contribution in [0.3, 0.4) is 0 Å². The molecule has 0 aliphatic rings. The van der Waals surface area contributed by atoms with Crippen LogP contribution in [0.25, 0.3) is 145 Å².